The first-order valence-electron chi connectivity index (χ1n) is 5.14. The number of halogens is 1. The van der Waals surface area contributed by atoms with Crippen LogP contribution in [-0.4, -0.2) is 18.2 Å². The fourth-order valence-corrected chi connectivity index (χ4v) is 1.91. The van der Waals surface area contributed by atoms with Crippen molar-refractivity contribution in [2.75, 3.05) is 4.90 Å². The largest absolute Gasteiger partial charge is 0.302 e. The van der Waals surface area contributed by atoms with Crippen molar-refractivity contribution < 1.29 is 14.0 Å². The van der Waals surface area contributed by atoms with Crippen LogP contribution in [0, 0.1) is 17.1 Å². The van der Waals surface area contributed by atoms with Gasteiger partial charge in [-0.25, -0.2) is 4.39 Å². The Kier molecular flexibility index (Phi) is 2.88. The molecule has 1 aromatic rings. The number of carbonyl (C=O) groups is 2. The summed E-state index contributed by atoms with van der Waals surface area (Å²) in [6.45, 7) is 0. The van der Waals surface area contributed by atoms with Crippen molar-refractivity contribution in [1.29, 1.82) is 5.26 Å². The van der Waals surface area contributed by atoms with E-state index in [1.807, 2.05) is 0 Å². The van der Waals surface area contributed by atoms with Gasteiger partial charge in [-0.15, -0.1) is 0 Å². The van der Waals surface area contributed by atoms with E-state index in [0.29, 0.717) is 18.4 Å². The maximum Gasteiger partial charge on any atom is 0.227 e. The molecule has 0 saturated carbocycles. The molecule has 2 rings (SSSR count). The van der Waals surface area contributed by atoms with Crippen molar-refractivity contribution in [3.63, 3.8) is 0 Å². The molecule has 1 saturated heterocycles. The van der Waals surface area contributed by atoms with Gasteiger partial charge in [0.25, 0.3) is 0 Å². The molecular weight excluding hydrogens is 223 g/mol. The number of amides is 1. The second kappa shape index (κ2) is 4.34. The number of anilines is 1. The second-order valence-electron chi connectivity index (χ2n) is 3.78. The van der Waals surface area contributed by atoms with Crippen LogP contribution in [0.5, 0.6) is 0 Å². The van der Waals surface area contributed by atoms with Crippen LogP contribution in [0.1, 0.15) is 18.4 Å². The highest BCUT2D eigenvalue weighted by atomic mass is 19.1. The minimum Gasteiger partial charge on any atom is -0.302 e. The van der Waals surface area contributed by atoms with Gasteiger partial charge in [-0.1, -0.05) is 0 Å². The van der Waals surface area contributed by atoms with Crippen molar-refractivity contribution >= 4 is 17.9 Å². The molecule has 1 fully saturated rings. The summed E-state index contributed by atoms with van der Waals surface area (Å²) in [7, 11) is 0. The molecule has 1 heterocycles. The third kappa shape index (κ3) is 1.89. The number of nitrogens with zero attached hydrogens (tertiary/aromatic N) is 2. The zero-order valence-electron chi connectivity index (χ0n) is 8.89. The van der Waals surface area contributed by atoms with Crippen LogP contribution in [0.15, 0.2) is 18.2 Å². The summed E-state index contributed by atoms with van der Waals surface area (Å²) in [5.74, 6) is -0.888. The summed E-state index contributed by atoms with van der Waals surface area (Å²) in [6, 6.07) is 5.06. The average Bonchev–Trinajstić information content (AvgIpc) is 2.70. The van der Waals surface area contributed by atoms with Crippen LogP contribution in [0.4, 0.5) is 10.1 Å². The molecule has 1 atom stereocenters. The molecule has 4 nitrogen and oxygen atoms in total. The number of hydrogen-bond acceptors (Lipinski definition) is 3. The summed E-state index contributed by atoms with van der Waals surface area (Å²) in [5.41, 5.74) is 0.240. The number of carbonyl (C=O) groups excluding carboxylic acids is 2. The zero-order valence-corrected chi connectivity index (χ0v) is 8.89. The van der Waals surface area contributed by atoms with Crippen LogP contribution >= 0.6 is 0 Å². The first kappa shape index (κ1) is 11.3. The smallest absolute Gasteiger partial charge is 0.227 e. The minimum atomic E-state index is -0.686. The molecule has 1 aromatic carbocycles. The normalized spacial score (nSPS) is 19.2. The van der Waals surface area contributed by atoms with Gasteiger partial charge in [-0.3, -0.25) is 4.79 Å². The second-order valence-corrected chi connectivity index (χ2v) is 3.78. The van der Waals surface area contributed by atoms with Crippen LogP contribution in [0.25, 0.3) is 0 Å². The molecule has 0 radical (unpaired) electrons. The van der Waals surface area contributed by atoms with E-state index < -0.39 is 11.9 Å². The summed E-state index contributed by atoms with van der Waals surface area (Å²) in [6.07, 6.45) is 1.41. The molecule has 0 spiro atoms. The molecule has 0 N–H and O–H groups in total. The molecule has 0 aliphatic carbocycles. The Morgan fingerprint density at radius 2 is 2.29 bits per heavy atom. The first-order chi connectivity index (χ1) is 8.17. The average molecular weight is 232 g/mol. The van der Waals surface area contributed by atoms with Gasteiger partial charge in [-0.05, 0) is 24.6 Å². The van der Waals surface area contributed by atoms with Gasteiger partial charge in [0, 0.05) is 12.1 Å². The van der Waals surface area contributed by atoms with Crippen molar-refractivity contribution in [2.24, 2.45) is 0 Å². The highest BCUT2D eigenvalue weighted by molar-refractivity contribution is 6.00. The van der Waals surface area contributed by atoms with Gasteiger partial charge < -0.3 is 9.69 Å². The Morgan fingerprint density at radius 1 is 1.53 bits per heavy atom. The quantitative estimate of drug-likeness (QED) is 0.724. The predicted octanol–water partition coefficient (Wildman–Crippen LogP) is 1.39. The number of rotatable bonds is 2. The summed E-state index contributed by atoms with van der Waals surface area (Å²) >= 11 is 0. The van der Waals surface area contributed by atoms with Crippen molar-refractivity contribution in [1.82, 2.24) is 0 Å². The van der Waals surface area contributed by atoms with E-state index in [-0.39, 0.29) is 17.9 Å². The number of aldehydes is 1. The van der Waals surface area contributed by atoms with Gasteiger partial charge in [0.05, 0.1) is 11.6 Å². The maximum atomic E-state index is 13.4. The van der Waals surface area contributed by atoms with E-state index in [0.717, 1.165) is 6.07 Å². The molecule has 0 aromatic heterocycles. The zero-order chi connectivity index (χ0) is 12.4. The Morgan fingerprint density at radius 3 is 2.88 bits per heavy atom. The van der Waals surface area contributed by atoms with Gasteiger partial charge in [0.1, 0.15) is 18.2 Å². The van der Waals surface area contributed by atoms with E-state index in [1.165, 1.54) is 17.0 Å². The molecule has 0 bridgehead atoms. The highest BCUT2D eigenvalue weighted by Gasteiger charge is 2.32. The fourth-order valence-electron chi connectivity index (χ4n) is 1.91. The number of hydrogen-bond donors (Lipinski definition) is 0. The monoisotopic (exact) mass is 232 g/mol. The molecule has 0 unspecified atom stereocenters. The minimum absolute atomic E-state index is 0.0805. The first-order valence-corrected chi connectivity index (χ1v) is 5.14. The fraction of sp³-hybridized carbons (Fsp3) is 0.250. The van der Waals surface area contributed by atoms with Crippen molar-refractivity contribution in [3.8, 4) is 6.07 Å². The van der Waals surface area contributed by atoms with Crippen LogP contribution in [0.2, 0.25) is 0 Å². The molecule has 1 aliphatic heterocycles. The lowest BCUT2D eigenvalue weighted by Gasteiger charge is -2.20. The standard InChI is InChI=1S/C12H9FN2O2/c13-11-5-9(2-1-8(11)6-14)15-10(7-16)3-4-12(15)17/h1-2,5,7,10H,3-4H2/t10-/m0/s1. The Bertz CT molecular complexity index is 522. The van der Waals surface area contributed by atoms with E-state index in [1.54, 1.807) is 6.07 Å². The Balaban J connectivity index is 2.40. The predicted molar refractivity (Wildman–Crippen MR) is 57.7 cm³/mol. The third-order valence-corrected chi connectivity index (χ3v) is 2.76. The highest BCUT2D eigenvalue weighted by Crippen LogP contribution is 2.27. The van der Waals surface area contributed by atoms with E-state index in [4.69, 9.17) is 5.26 Å². The van der Waals surface area contributed by atoms with Gasteiger partial charge in [0.15, 0.2) is 0 Å². The lowest BCUT2D eigenvalue weighted by atomic mass is 10.2. The Hall–Kier alpha value is -2.22. The van der Waals surface area contributed by atoms with E-state index in [2.05, 4.69) is 0 Å². The van der Waals surface area contributed by atoms with E-state index >= 15 is 0 Å². The lowest BCUT2D eigenvalue weighted by molar-refractivity contribution is -0.118. The third-order valence-electron chi connectivity index (χ3n) is 2.76. The summed E-state index contributed by atoms with van der Waals surface area (Å²) < 4.78 is 13.4. The summed E-state index contributed by atoms with van der Waals surface area (Å²) in [4.78, 5) is 23.7. The SMILES string of the molecule is N#Cc1ccc(N2C(=O)CC[C@H]2C=O)cc1F. The lowest BCUT2D eigenvalue weighted by Crippen LogP contribution is -2.33. The van der Waals surface area contributed by atoms with E-state index in [9.17, 15) is 14.0 Å². The maximum absolute atomic E-state index is 13.4. The molecule has 1 aliphatic rings. The Labute approximate surface area is 97.3 Å². The van der Waals surface area contributed by atoms with Gasteiger partial charge in [-0.2, -0.15) is 5.26 Å². The topological polar surface area (TPSA) is 61.2 Å². The van der Waals surface area contributed by atoms with Crippen LogP contribution in [-0.2, 0) is 9.59 Å². The van der Waals surface area contributed by atoms with Gasteiger partial charge >= 0.3 is 0 Å². The summed E-state index contributed by atoms with van der Waals surface area (Å²) in [5, 5.41) is 8.60. The molecule has 86 valence electrons. The van der Waals surface area contributed by atoms with Crippen molar-refractivity contribution in [2.45, 2.75) is 18.9 Å². The van der Waals surface area contributed by atoms with Crippen molar-refractivity contribution in [3.05, 3.63) is 29.6 Å². The van der Waals surface area contributed by atoms with Crippen LogP contribution < -0.4 is 4.90 Å². The molecule has 1 amide bonds. The molecule has 5 heteroatoms. The van der Waals surface area contributed by atoms with Crippen LogP contribution in [0.3, 0.4) is 0 Å². The number of benzene rings is 1. The molecule has 17 heavy (non-hydrogen) atoms. The molecular formula is C12H9FN2O2. The van der Waals surface area contributed by atoms with Gasteiger partial charge in [0.2, 0.25) is 5.91 Å². The number of nitriles is 1.